The lowest BCUT2D eigenvalue weighted by Gasteiger charge is -2.06. The Labute approximate surface area is 120 Å². The Hall–Kier alpha value is -1.65. The molecule has 0 saturated carbocycles. The van der Waals surface area contributed by atoms with Gasteiger partial charge < -0.3 is 0 Å². The zero-order chi connectivity index (χ0) is 13.2. The van der Waals surface area contributed by atoms with Crippen molar-refractivity contribution in [3.05, 3.63) is 53.4 Å². The second kappa shape index (κ2) is 5.15. The highest BCUT2D eigenvalue weighted by atomic mass is 35.5. The summed E-state index contributed by atoms with van der Waals surface area (Å²) in [5.74, 6) is 0. The summed E-state index contributed by atoms with van der Waals surface area (Å²) in [5, 5.41) is 11.9. The molecule has 0 saturated heterocycles. The molecule has 0 bridgehead atoms. The Morgan fingerprint density at radius 3 is 2.89 bits per heavy atom. The second-order valence-corrected chi connectivity index (χ2v) is 5.59. The minimum absolute atomic E-state index is 0.705. The van der Waals surface area contributed by atoms with Gasteiger partial charge in [-0.05, 0) is 30.7 Å². The van der Waals surface area contributed by atoms with Gasteiger partial charge in [-0.15, -0.1) is 5.10 Å². The van der Waals surface area contributed by atoms with Crippen molar-refractivity contribution in [1.29, 1.82) is 0 Å². The number of benzene rings is 1. The van der Waals surface area contributed by atoms with Crippen LogP contribution in [-0.2, 0) is 0 Å². The number of aryl methyl sites for hydroxylation is 1. The molecule has 2 aromatic heterocycles. The summed E-state index contributed by atoms with van der Waals surface area (Å²) in [5.41, 5.74) is 1.13. The fraction of sp³-hybridized carbons (Fsp3) is 0.0714. The molecule has 19 heavy (non-hydrogen) atoms. The quantitative estimate of drug-likeness (QED) is 0.710. The Bertz CT molecular complexity index is 746. The van der Waals surface area contributed by atoms with Gasteiger partial charge in [-0.1, -0.05) is 29.4 Å². The lowest BCUT2D eigenvalue weighted by atomic mass is 10.2. The zero-order valence-electron chi connectivity index (χ0n) is 10.2. The van der Waals surface area contributed by atoms with Crippen molar-refractivity contribution in [2.75, 3.05) is 0 Å². The minimum atomic E-state index is 0.705. The van der Waals surface area contributed by atoms with Gasteiger partial charge in [0.2, 0.25) is 0 Å². The molecule has 0 aliphatic rings. The van der Waals surface area contributed by atoms with Crippen LogP contribution in [0.25, 0.3) is 10.8 Å². The molecular formula is C14H10ClN3S. The predicted molar refractivity (Wildman–Crippen MR) is 77.6 cm³/mol. The first-order chi connectivity index (χ1) is 9.24. The monoisotopic (exact) mass is 287 g/mol. The summed E-state index contributed by atoms with van der Waals surface area (Å²) in [6.45, 7) is 2.03. The first kappa shape index (κ1) is 12.4. The molecule has 0 aliphatic heterocycles. The zero-order valence-corrected chi connectivity index (χ0v) is 11.7. The number of pyridine rings is 1. The fourth-order valence-corrected chi connectivity index (χ4v) is 2.90. The highest BCUT2D eigenvalue weighted by Gasteiger charge is 2.07. The van der Waals surface area contributed by atoms with Gasteiger partial charge in [0.05, 0.1) is 6.20 Å². The highest BCUT2D eigenvalue weighted by Crippen LogP contribution is 2.33. The molecule has 0 amide bonds. The van der Waals surface area contributed by atoms with Crippen molar-refractivity contribution >= 4 is 34.1 Å². The van der Waals surface area contributed by atoms with Crippen molar-refractivity contribution in [2.24, 2.45) is 0 Å². The normalized spacial score (nSPS) is 10.8. The van der Waals surface area contributed by atoms with Crippen LogP contribution < -0.4 is 0 Å². The smallest absolute Gasteiger partial charge is 0.131 e. The predicted octanol–water partition coefficient (Wildman–Crippen LogP) is 4.14. The number of nitrogens with zero attached hydrogens (tertiary/aromatic N) is 3. The third-order valence-electron chi connectivity index (χ3n) is 2.76. The Morgan fingerprint density at radius 1 is 1.16 bits per heavy atom. The van der Waals surface area contributed by atoms with Crippen molar-refractivity contribution in [2.45, 2.75) is 16.8 Å². The van der Waals surface area contributed by atoms with Gasteiger partial charge in [0, 0.05) is 33.1 Å². The van der Waals surface area contributed by atoms with Crippen molar-refractivity contribution in [1.82, 2.24) is 15.2 Å². The molecule has 0 atom stereocenters. The van der Waals surface area contributed by atoms with E-state index in [9.17, 15) is 0 Å². The van der Waals surface area contributed by atoms with Crippen molar-refractivity contribution < 1.29 is 0 Å². The maximum atomic E-state index is 5.99. The molecule has 0 N–H and O–H groups in total. The van der Waals surface area contributed by atoms with E-state index in [0.717, 1.165) is 26.3 Å². The molecule has 0 unspecified atom stereocenters. The van der Waals surface area contributed by atoms with Gasteiger partial charge in [0.25, 0.3) is 0 Å². The summed E-state index contributed by atoms with van der Waals surface area (Å²) in [4.78, 5) is 5.22. The summed E-state index contributed by atoms with van der Waals surface area (Å²) in [7, 11) is 0. The molecule has 3 aromatic rings. The van der Waals surface area contributed by atoms with E-state index in [2.05, 4.69) is 15.2 Å². The number of aromatic nitrogens is 3. The summed E-state index contributed by atoms with van der Waals surface area (Å²) in [6, 6.07) is 7.73. The fourth-order valence-electron chi connectivity index (χ4n) is 1.79. The van der Waals surface area contributed by atoms with Crippen LogP contribution in [0.4, 0.5) is 0 Å². The number of fused-ring (bicyclic) bond motifs is 1. The number of rotatable bonds is 2. The van der Waals surface area contributed by atoms with Crippen LogP contribution in [0.2, 0.25) is 5.02 Å². The van der Waals surface area contributed by atoms with Crippen LogP contribution in [0.15, 0.2) is 52.8 Å². The van der Waals surface area contributed by atoms with Gasteiger partial charge in [-0.25, -0.2) is 0 Å². The van der Waals surface area contributed by atoms with E-state index in [1.54, 1.807) is 24.2 Å². The van der Waals surface area contributed by atoms with E-state index >= 15 is 0 Å². The molecule has 3 rings (SSSR count). The van der Waals surface area contributed by atoms with Gasteiger partial charge in [0.15, 0.2) is 0 Å². The average Bonchev–Trinajstić information content (AvgIpc) is 2.41. The first-order valence-corrected chi connectivity index (χ1v) is 6.93. The second-order valence-electron chi connectivity index (χ2n) is 4.12. The number of halogens is 1. The standard InChI is InChI=1S/C14H10ClN3S/c1-9-7-16-5-4-13(9)19-14-12-3-2-11(15)6-10(12)8-17-18-14/h2-8H,1H3. The van der Waals surface area contributed by atoms with Crippen LogP contribution in [0.5, 0.6) is 0 Å². The van der Waals surface area contributed by atoms with Crippen LogP contribution in [-0.4, -0.2) is 15.2 Å². The Morgan fingerprint density at radius 2 is 2.05 bits per heavy atom. The van der Waals surface area contributed by atoms with E-state index < -0.39 is 0 Å². The molecule has 0 aliphatic carbocycles. The highest BCUT2D eigenvalue weighted by molar-refractivity contribution is 7.99. The third kappa shape index (κ3) is 2.55. The average molecular weight is 288 g/mol. The molecule has 0 fully saturated rings. The van der Waals surface area contributed by atoms with E-state index in [1.165, 1.54) is 0 Å². The summed E-state index contributed by atoms with van der Waals surface area (Å²) >= 11 is 7.59. The number of hydrogen-bond donors (Lipinski definition) is 0. The summed E-state index contributed by atoms with van der Waals surface area (Å²) in [6.07, 6.45) is 5.35. The van der Waals surface area contributed by atoms with Gasteiger partial charge in [-0.2, -0.15) is 5.10 Å². The molecule has 0 radical (unpaired) electrons. The SMILES string of the molecule is Cc1cnccc1Sc1nncc2cc(Cl)ccc12. The lowest BCUT2D eigenvalue weighted by Crippen LogP contribution is -1.89. The summed E-state index contributed by atoms with van der Waals surface area (Å²) < 4.78 is 0. The molecule has 5 heteroatoms. The molecule has 1 aromatic carbocycles. The molecule has 2 heterocycles. The van der Waals surface area contributed by atoms with Gasteiger partial charge >= 0.3 is 0 Å². The maximum Gasteiger partial charge on any atom is 0.131 e. The topological polar surface area (TPSA) is 38.7 Å². The van der Waals surface area contributed by atoms with Crippen LogP contribution in [0, 0.1) is 6.92 Å². The molecule has 94 valence electrons. The Kier molecular flexibility index (Phi) is 3.36. The van der Waals surface area contributed by atoms with E-state index in [4.69, 9.17) is 11.6 Å². The van der Waals surface area contributed by atoms with Crippen molar-refractivity contribution in [3.8, 4) is 0 Å². The lowest BCUT2D eigenvalue weighted by molar-refractivity contribution is 0.955. The van der Waals surface area contributed by atoms with Gasteiger partial charge in [-0.3, -0.25) is 4.98 Å². The molecule has 0 spiro atoms. The first-order valence-electron chi connectivity index (χ1n) is 5.73. The third-order valence-corrected chi connectivity index (χ3v) is 4.17. The molecule has 3 nitrogen and oxygen atoms in total. The van der Waals surface area contributed by atoms with Crippen LogP contribution in [0.1, 0.15) is 5.56 Å². The Balaban J connectivity index is 2.09. The largest absolute Gasteiger partial charge is 0.264 e. The minimum Gasteiger partial charge on any atom is -0.264 e. The maximum absolute atomic E-state index is 5.99. The van der Waals surface area contributed by atoms with Crippen LogP contribution in [0.3, 0.4) is 0 Å². The number of hydrogen-bond acceptors (Lipinski definition) is 4. The van der Waals surface area contributed by atoms with Crippen LogP contribution >= 0.6 is 23.4 Å². The van der Waals surface area contributed by atoms with E-state index in [0.29, 0.717) is 5.02 Å². The van der Waals surface area contributed by atoms with E-state index in [1.807, 2.05) is 37.4 Å². The molecular weight excluding hydrogens is 278 g/mol. The van der Waals surface area contributed by atoms with E-state index in [-0.39, 0.29) is 0 Å². The van der Waals surface area contributed by atoms with Gasteiger partial charge in [0.1, 0.15) is 5.03 Å². The van der Waals surface area contributed by atoms with Crippen molar-refractivity contribution in [3.63, 3.8) is 0 Å².